The molecule has 3 N–H and O–H groups in total. The number of nitrogens with two attached hydrogens (primary N) is 1. The van der Waals surface area contributed by atoms with Crippen LogP contribution in [-0.2, 0) is 9.53 Å². The largest absolute Gasteiger partial charge is 0.483 e. The van der Waals surface area contributed by atoms with Gasteiger partial charge in [0.2, 0.25) is 0 Å². The standard InChI is InChI=1S/C13H17N3O3S/c14-13(20)10-3-1-2-4-11(10)19-9-12(17)15-16-5-7-18-8-6-16/h1-4H,5-9H2,(H2,14,20)(H,15,17). The first-order valence-electron chi connectivity index (χ1n) is 6.30. The summed E-state index contributed by atoms with van der Waals surface area (Å²) in [4.78, 5) is 12.0. The van der Waals surface area contributed by atoms with Crippen molar-refractivity contribution in [3.8, 4) is 5.75 Å². The summed E-state index contributed by atoms with van der Waals surface area (Å²) < 4.78 is 10.7. The number of benzene rings is 1. The van der Waals surface area contributed by atoms with E-state index in [-0.39, 0.29) is 17.5 Å². The first-order chi connectivity index (χ1) is 9.66. The summed E-state index contributed by atoms with van der Waals surface area (Å²) >= 11 is 4.94. The molecule has 1 aromatic rings. The minimum atomic E-state index is -0.218. The molecule has 0 saturated carbocycles. The Morgan fingerprint density at radius 1 is 1.40 bits per heavy atom. The van der Waals surface area contributed by atoms with Gasteiger partial charge < -0.3 is 15.2 Å². The van der Waals surface area contributed by atoms with Crippen LogP contribution in [-0.4, -0.2) is 48.8 Å². The van der Waals surface area contributed by atoms with E-state index in [9.17, 15) is 4.79 Å². The van der Waals surface area contributed by atoms with Crippen LogP contribution in [0.3, 0.4) is 0 Å². The zero-order valence-electron chi connectivity index (χ0n) is 11.0. The van der Waals surface area contributed by atoms with Crippen LogP contribution < -0.4 is 15.9 Å². The number of amides is 1. The summed E-state index contributed by atoms with van der Waals surface area (Å²) in [6.07, 6.45) is 0. The Labute approximate surface area is 122 Å². The van der Waals surface area contributed by atoms with E-state index in [0.29, 0.717) is 37.6 Å². The van der Waals surface area contributed by atoms with E-state index in [1.807, 2.05) is 11.1 Å². The summed E-state index contributed by atoms with van der Waals surface area (Å²) in [6.45, 7) is 2.50. The Kier molecular flexibility index (Phi) is 5.28. The van der Waals surface area contributed by atoms with E-state index in [1.54, 1.807) is 18.2 Å². The monoisotopic (exact) mass is 295 g/mol. The van der Waals surface area contributed by atoms with Crippen LogP contribution in [0.1, 0.15) is 5.56 Å². The Morgan fingerprint density at radius 3 is 2.80 bits per heavy atom. The second-order valence-electron chi connectivity index (χ2n) is 4.28. The molecule has 0 spiro atoms. The van der Waals surface area contributed by atoms with Crippen molar-refractivity contribution in [2.24, 2.45) is 5.73 Å². The highest BCUT2D eigenvalue weighted by atomic mass is 32.1. The van der Waals surface area contributed by atoms with Gasteiger partial charge in [0, 0.05) is 13.1 Å². The third kappa shape index (κ3) is 4.16. The van der Waals surface area contributed by atoms with Crippen LogP contribution in [0.25, 0.3) is 0 Å². The first kappa shape index (κ1) is 14.7. The molecule has 1 heterocycles. The molecule has 0 bridgehead atoms. The minimum Gasteiger partial charge on any atom is -0.483 e. The molecule has 2 rings (SSSR count). The van der Waals surface area contributed by atoms with E-state index in [4.69, 9.17) is 27.4 Å². The molecule has 0 aliphatic carbocycles. The van der Waals surface area contributed by atoms with Crippen molar-refractivity contribution in [3.63, 3.8) is 0 Å². The smallest absolute Gasteiger partial charge is 0.272 e. The molecule has 1 aromatic carbocycles. The van der Waals surface area contributed by atoms with Gasteiger partial charge in [0.25, 0.3) is 5.91 Å². The van der Waals surface area contributed by atoms with Crippen molar-refractivity contribution in [1.82, 2.24) is 10.4 Å². The maximum absolute atomic E-state index is 11.8. The Bertz CT molecular complexity index is 490. The maximum Gasteiger partial charge on any atom is 0.272 e. The number of hydrogen-bond donors (Lipinski definition) is 2. The number of thiocarbonyl (C=S) groups is 1. The van der Waals surface area contributed by atoms with Gasteiger partial charge in [-0.2, -0.15) is 0 Å². The summed E-state index contributed by atoms with van der Waals surface area (Å²) in [6, 6.07) is 7.11. The van der Waals surface area contributed by atoms with Crippen LogP contribution in [0.5, 0.6) is 5.75 Å². The molecule has 1 saturated heterocycles. The van der Waals surface area contributed by atoms with Crippen molar-refractivity contribution < 1.29 is 14.3 Å². The fourth-order valence-corrected chi connectivity index (χ4v) is 1.99. The number of morpholine rings is 1. The third-order valence-electron chi connectivity index (χ3n) is 2.81. The van der Waals surface area contributed by atoms with Gasteiger partial charge in [-0.1, -0.05) is 24.4 Å². The molecular weight excluding hydrogens is 278 g/mol. The number of carbonyl (C=O) groups excluding carboxylic acids is 1. The van der Waals surface area contributed by atoms with Crippen LogP contribution in [0.2, 0.25) is 0 Å². The predicted molar refractivity (Wildman–Crippen MR) is 78.4 cm³/mol. The van der Waals surface area contributed by atoms with Crippen molar-refractivity contribution in [2.45, 2.75) is 0 Å². The molecular formula is C13H17N3O3S. The summed E-state index contributed by atoms with van der Waals surface area (Å²) in [5.74, 6) is 0.293. The van der Waals surface area contributed by atoms with Crippen molar-refractivity contribution in [3.05, 3.63) is 29.8 Å². The predicted octanol–water partition coefficient (Wildman–Crippen LogP) is 0.0630. The third-order valence-corrected chi connectivity index (χ3v) is 3.03. The Balaban J connectivity index is 1.85. The number of para-hydroxylation sites is 1. The normalized spacial score (nSPS) is 15.6. The van der Waals surface area contributed by atoms with E-state index in [2.05, 4.69) is 5.43 Å². The lowest BCUT2D eigenvalue weighted by Gasteiger charge is -2.26. The van der Waals surface area contributed by atoms with E-state index in [1.165, 1.54) is 0 Å². The van der Waals surface area contributed by atoms with Gasteiger partial charge in [-0.25, -0.2) is 5.01 Å². The van der Waals surface area contributed by atoms with Gasteiger partial charge in [0.1, 0.15) is 10.7 Å². The van der Waals surface area contributed by atoms with E-state index >= 15 is 0 Å². The molecule has 1 amide bonds. The van der Waals surface area contributed by atoms with Gasteiger partial charge in [0.05, 0.1) is 18.8 Å². The number of nitrogens with zero attached hydrogens (tertiary/aromatic N) is 1. The SMILES string of the molecule is NC(=S)c1ccccc1OCC(=O)NN1CCOCC1. The number of ether oxygens (including phenoxy) is 2. The molecule has 1 fully saturated rings. The molecule has 0 unspecified atom stereocenters. The second-order valence-corrected chi connectivity index (χ2v) is 4.72. The van der Waals surface area contributed by atoms with Crippen LogP contribution >= 0.6 is 12.2 Å². The number of rotatable bonds is 5. The number of carbonyl (C=O) groups is 1. The summed E-state index contributed by atoms with van der Waals surface area (Å²) in [5.41, 5.74) is 8.99. The minimum absolute atomic E-state index is 0.0863. The Hall–Kier alpha value is -1.70. The number of hydrogen-bond acceptors (Lipinski definition) is 5. The van der Waals surface area contributed by atoms with Crippen LogP contribution in [0, 0.1) is 0 Å². The second kappa shape index (κ2) is 7.18. The molecule has 0 atom stereocenters. The number of nitrogens with one attached hydrogen (secondary N) is 1. The average Bonchev–Trinajstić information content (AvgIpc) is 2.46. The highest BCUT2D eigenvalue weighted by molar-refractivity contribution is 7.80. The average molecular weight is 295 g/mol. The zero-order chi connectivity index (χ0) is 14.4. The van der Waals surface area contributed by atoms with Crippen LogP contribution in [0.4, 0.5) is 0 Å². The van der Waals surface area contributed by atoms with Gasteiger partial charge in [-0.05, 0) is 12.1 Å². The van der Waals surface area contributed by atoms with Gasteiger partial charge >= 0.3 is 0 Å². The maximum atomic E-state index is 11.8. The fraction of sp³-hybridized carbons (Fsp3) is 0.385. The first-order valence-corrected chi connectivity index (χ1v) is 6.71. The lowest BCUT2D eigenvalue weighted by atomic mass is 10.2. The fourth-order valence-electron chi connectivity index (χ4n) is 1.82. The van der Waals surface area contributed by atoms with E-state index in [0.717, 1.165) is 0 Å². The molecule has 6 nitrogen and oxygen atoms in total. The topological polar surface area (TPSA) is 76.8 Å². The van der Waals surface area contributed by atoms with Gasteiger partial charge in [-0.3, -0.25) is 10.2 Å². The molecule has 0 radical (unpaired) electrons. The highest BCUT2D eigenvalue weighted by Gasteiger charge is 2.14. The number of hydrazine groups is 1. The van der Waals surface area contributed by atoms with Gasteiger partial charge in [0.15, 0.2) is 6.61 Å². The van der Waals surface area contributed by atoms with Gasteiger partial charge in [-0.15, -0.1) is 0 Å². The molecule has 0 aromatic heterocycles. The summed E-state index contributed by atoms with van der Waals surface area (Å²) in [5, 5.41) is 1.81. The lowest BCUT2D eigenvalue weighted by molar-refractivity contribution is -0.130. The molecule has 7 heteroatoms. The quantitative estimate of drug-likeness (QED) is 0.748. The molecule has 20 heavy (non-hydrogen) atoms. The highest BCUT2D eigenvalue weighted by Crippen LogP contribution is 2.17. The summed E-state index contributed by atoms with van der Waals surface area (Å²) in [7, 11) is 0. The lowest BCUT2D eigenvalue weighted by Crippen LogP contribution is -2.49. The molecule has 1 aliphatic rings. The zero-order valence-corrected chi connectivity index (χ0v) is 11.8. The van der Waals surface area contributed by atoms with Crippen LogP contribution in [0.15, 0.2) is 24.3 Å². The van der Waals surface area contributed by atoms with E-state index < -0.39 is 0 Å². The van der Waals surface area contributed by atoms with Crippen molar-refractivity contribution in [2.75, 3.05) is 32.9 Å². The molecule has 1 aliphatic heterocycles. The van der Waals surface area contributed by atoms with Crippen molar-refractivity contribution >= 4 is 23.1 Å². The van der Waals surface area contributed by atoms with Crippen molar-refractivity contribution in [1.29, 1.82) is 0 Å². The molecule has 108 valence electrons. The Morgan fingerprint density at radius 2 is 2.10 bits per heavy atom.